The van der Waals surface area contributed by atoms with Crippen LogP contribution in [0, 0.1) is 0 Å². The van der Waals surface area contributed by atoms with Crippen LogP contribution in [-0.2, 0) is 14.6 Å². The molecular formula is C10H9O3. The smallest absolute Gasteiger partial charge is 0.337 e. The Hall–Kier alpha value is -1.77. The van der Waals surface area contributed by atoms with Crippen molar-refractivity contribution in [2.24, 2.45) is 0 Å². The van der Waals surface area contributed by atoms with E-state index in [2.05, 4.69) is 11.3 Å². The van der Waals surface area contributed by atoms with Crippen LogP contribution < -0.4 is 0 Å². The zero-order chi connectivity index (χ0) is 9.84. The van der Waals surface area contributed by atoms with Crippen LogP contribution in [0.15, 0.2) is 30.8 Å². The van der Waals surface area contributed by atoms with Gasteiger partial charge in [0.15, 0.2) is 5.75 Å². The second-order valence-corrected chi connectivity index (χ2v) is 2.47. The summed E-state index contributed by atoms with van der Waals surface area (Å²) in [4.78, 5) is 11.0. The highest BCUT2D eigenvalue weighted by Gasteiger charge is 2.13. The molecule has 13 heavy (non-hydrogen) atoms. The molecule has 3 heteroatoms. The van der Waals surface area contributed by atoms with Crippen LogP contribution in [-0.4, -0.2) is 13.1 Å². The Morgan fingerprint density at radius 2 is 2.00 bits per heavy atom. The lowest BCUT2D eigenvalue weighted by Gasteiger charge is -2.03. The van der Waals surface area contributed by atoms with Crippen LogP contribution in [0.25, 0.3) is 5.57 Å². The van der Waals surface area contributed by atoms with Crippen molar-refractivity contribution >= 4 is 11.5 Å². The standard InChI is InChI=1S/C10H9O3/c1-7(10(12)13-2)8-5-3-4-6-9(8)11/h3-6H,1H2,2H3. The molecule has 1 aromatic rings. The van der Waals surface area contributed by atoms with Gasteiger partial charge in [0.2, 0.25) is 0 Å². The molecule has 0 unspecified atom stereocenters. The van der Waals surface area contributed by atoms with Gasteiger partial charge in [0.25, 0.3) is 0 Å². The van der Waals surface area contributed by atoms with Gasteiger partial charge in [-0.05, 0) is 6.07 Å². The lowest BCUT2D eigenvalue weighted by atomic mass is 10.1. The molecule has 1 rings (SSSR count). The van der Waals surface area contributed by atoms with Gasteiger partial charge in [-0.3, -0.25) is 5.11 Å². The van der Waals surface area contributed by atoms with Gasteiger partial charge in [-0.25, -0.2) is 4.79 Å². The molecule has 0 aromatic heterocycles. The van der Waals surface area contributed by atoms with Crippen molar-refractivity contribution in [1.82, 2.24) is 0 Å². The fourth-order valence-corrected chi connectivity index (χ4v) is 0.949. The number of rotatable bonds is 2. The molecule has 67 valence electrons. The summed E-state index contributed by atoms with van der Waals surface area (Å²) < 4.78 is 4.44. The fourth-order valence-electron chi connectivity index (χ4n) is 0.949. The summed E-state index contributed by atoms with van der Waals surface area (Å²) in [7, 11) is 1.25. The second kappa shape index (κ2) is 3.76. The molecule has 0 atom stereocenters. The third-order valence-corrected chi connectivity index (χ3v) is 1.64. The lowest BCUT2D eigenvalue weighted by Crippen LogP contribution is -2.02. The SMILES string of the molecule is C=C(C(=O)OC)c1ccccc1[O]. The van der Waals surface area contributed by atoms with Gasteiger partial charge in [-0.1, -0.05) is 24.8 Å². The summed E-state index contributed by atoms with van der Waals surface area (Å²) in [5.41, 5.74) is 0.377. The van der Waals surface area contributed by atoms with Gasteiger partial charge in [0.1, 0.15) is 0 Å². The first-order chi connectivity index (χ1) is 6.16. The molecule has 3 nitrogen and oxygen atoms in total. The summed E-state index contributed by atoms with van der Waals surface area (Å²) >= 11 is 0. The van der Waals surface area contributed by atoms with Crippen LogP contribution in [0.1, 0.15) is 5.56 Å². The first-order valence-electron chi connectivity index (χ1n) is 3.70. The zero-order valence-electron chi connectivity index (χ0n) is 7.24. The minimum absolute atomic E-state index is 0.0908. The van der Waals surface area contributed by atoms with E-state index in [-0.39, 0.29) is 16.9 Å². The first kappa shape index (κ1) is 9.32. The summed E-state index contributed by atoms with van der Waals surface area (Å²) in [5, 5.41) is 11.2. The summed E-state index contributed by atoms with van der Waals surface area (Å²) in [6.07, 6.45) is 0. The zero-order valence-corrected chi connectivity index (χ0v) is 7.24. The molecule has 0 aliphatic heterocycles. The van der Waals surface area contributed by atoms with E-state index < -0.39 is 5.97 Å². The van der Waals surface area contributed by atoms with Gasteiger partial charge in [0.05, 0.1) is 12.7 Å². The molecule has 0 fully saturated rings. The molecule has 0 bridgehead atoms. The highest BCUT2D eigenvalue weighted by Crippen LogP contribution is 2.24. The van der Waals surface area contributed by atoms with Crippen molar-refractivity contribution in [3.05, 3.63) is 36.4 Å². The Kier molecular flexibility index (Phi) is 2.69. The Balaban J connectivity index is 3.02. The fraction of sp³-hybridized carbons (Fsp3) is 0.100. The van der Waals surface area contributed by atoms with E-state index in [0.29, 0.717) is 0 Å². The van der Waals surface area contributed by atoms with Gasteiger partial charge in [0, 0.05) is 5.56 Å². The molecule has 0 aliphatic carbocycles. The molecule has 0 saturated carbocycles. The number of para-hydroxylation sites is 1. The normalized spacial score (nSPS) is 9.31. The number of carbonyl (C=O) groups is 1. The maximum Gasteiger partial charge on any atom is 0.337 e. The Morgan fingerprint density at radius 1 is 1.38 bits per heavy atom. The van der Waals surface area contributed by atoms with Gasteiger partial charge >= 0.3 is 5.97 Å². The van der Waals surface area contributed by atoms with Crippen molar-refractivity contribution in [3.8, 4) is 5.75 Å². The van der Waals surface area contributed by atoms with E-state index in [9.17, 15) is 9.90 Å². The highest BCUT2D eigenvalue weighted by atomic mass is 16.5. The van der Waals surface area contributed by atoms with Crippen molar-refractivity contribution in [2.45, 2.75) is 0 Å². The van der Waals surface area contributed by atoms with Crippen molar-refractivity contribution in [2.75, 3.05) is 7.11 Å². The Morgan fingerprint density at radius 3 is 2.54 bits per heavy atom. The van der Waals surface area contributed by atoms with Crippen molar-refractivity contribution in [1.29, 1.82) is 0 Å². The molecule has 1 aromatic carbocycles. The predicted octanol–water partition coefficient (Wildman–Crippen LogP) is 2.02. The molecule has 0 amide bonds. The van der Waals surface area contributed by atoms with Gasteiger partial charge in [-0.2, -0.15) is 0 Å². The highest BCUT2D eigenvalue weighted by molar-refractivity contribution is 6.16. The number of benzene rings is 1. The molecule has 0 saturated heterocycles. The Labute approximate surface area is 76.3 Å². The maximum atomic E-state index is 11.2. The van der Waals surface area contributed by atoms with E-state index in [1.165, 1.54) is 13.2 Å². The van der Waals surface area contributed by atoms with E-state index in [1.54, 1.807) is 18.2 Å². The third kappa shape index (κ3) is 1.87. The van der Waals surface area contributed by atoms with Crippen molar-refractivity contribution in [3.63, 3.8) is 0 Å². The minimum Gasteiger partial charge on any atom is -0.465 e. The predicted molar refractivity (Wildman–Crippen MR) is 47.6 cm³/mol. The summed E-state index contributed by atoms with van der Waals surface area (Å²) in [6, 6.07) is 6.20. The van der Waals surface area contributed by atoms with Crippen LogP contribution in [0.2, 0.25) is 0 Å². The van der Waals surface area contributed by atoms with Crippen LogP contribution >= 0.6 is 0 Å². The number of hydrogen-bond donors (Lipinski definition) is 0. The molecule has 0 aliphatic rings. The number of esters is 1. The van der Waals surface area contributed by atoms with Crippen LogP contribution in [0.3, 0.4) is 0 Å². The van der Waals surface area contributed by atoms with Gasteiger partial charge < -0.3 is 4.74 Å². The monoisotopic (exact) mass is 177 g/mol. The number of carbonyl (C=O) groups excluding carboxylic acids is 1. The number of methoxy groups -OCH3 is 1. The number of ether oxygens (including phenoxy) is 1. The average Bonchev–Trinajstić information content (AvgIpc) is 2.16. The molecule has 0 spiro atoms. The van der Waals surface area contributed by atoms with Gasteiger partial charge in [-0.15, -0.1) is 0 Å². The maximum absolute atomic E-state index is 11.2. The number of hydrogen-bond acceptors (Lipinski definition) is 2. The molecule has 0 heterocycles. The molecule has 0 N–H and O–H groups in total. The Bertz CT molecular complexity index is 342. The average molecular weight is 177 g/mol. The lowest BCUT2D eigenvalue weighted by molar-refractivity contribution is -0.133. The van der Waals surface area contributed by atoms with E-state index >= 15 is 0 Å². The van der Waals surface area contributed by atoms with Crippen LogP contribution in [0.4, 0.5) is 0 Å². The molecular weight excluding hydrogens is 168 g/mol. The minimum atomic E-state index is -0.580. The quantitative estimate of drug-likeness (QED) is 0.512. The van der Waals surface area contributed by atoms with E-state index in [0.717, 1.165) is 0 Å². The second-order valence-electron chi connectivity index (χ2n) is 2.47. The summed E-state index contributed by atoms with van der Waals surface area (Å²) in [5.74, 6) is -0.804. The summed E-state index contributed by atoms with van der Waals surface area (Å²) in [6.45, 7) is 3.48. The largest absolute Gasteiger partial charge is 0.465 e. The third-order valence-electron chi connectivity index (χ3n) is 1.64. The molecule has 1 radical (unpaired) electrons. The van der Waals surface area contributed by atoms with Crippen molar-refractivity contribution < 1.29 is 14.6 Å². The topological polar surface area (TPSA) is 46.2 Å². The van der Waals surface area contributed by atoms with E-state index in [4.69, 9.17) is 0 Å². The van der Waals surface area contributed by atoms with E-state index in [1.807, 2.05) is 0 Å². The van der Waals surface area contributed by atoms with Crippen LogP contribution in [0.5, 0.6) is 5.75 Å². The first-order valence-corrected chi connectivity index (χ1v) is 3.70.